The van der Waals surface area contributed by atoms with E-state index in [4.69, 9.17) is 11.6 Å². The molecule has 0 N–H and O–H groups in total. The zero-order valence-electron chi connectivity index (χ0n) is 8.83. The molecule has 0 saturated carbocycles. The fourth-order valence-electron chi connectivity index (χ4n) is 1.86. The zero-order valence-corrected chi connectivity index (χ0v) is 9.58. The van der Waals surface area contributed by atoms with Gasteiger partial charge in [0.25, 0.3) is 5.91 Å². The van der Waals surface area contributed by atoms with Crippen LogP contribution in [0, 0.1) is 5.82 Å². The van der Waals surface area contributed by atoms with Crippen molar-refractivity contribution in [1.82, 2.24) is 4.90 Å². The van der Waals surface area contributed by atoms with Gasteiger partial charge < -0.3 is 4.90 Å². The van der Waals surface area contributed by atoms with Crippen LogP contribution < -0.4 is 0 Å². The van der Waals surface area contributed by atoms with Gasteiger partial charge in [-0.2, -0.15) is 0 Å². The third-order valence-corrected chi connectivity index (χ3v) is 3.25. The molecule has 2 rings (SSSR count). The van der Waals surface area contributed by atoms with Crippen molar-refractivity contribution in [2.75, 3.05) is 13.1 Å². The SMILES string of the molecule is O=C(c1ccccc1F)N1CCC(Cl)CC1. The van der Waals surface area contributed by atoms with Crippen LogP contribution in [-0.2, 0) is 0 Å². The first kappa shape index (κ1) is 11.4. The van der Waals surface area contributed by atoms with E-state index in [2.05, 4.69) is 0 Å². The Bertz CT molecular complexity index is 388. The van der Waals surface area contributed by atoms with Crippen LogP contribution in [-0.4, -0.2) is 29.3 Å². The van der Waals surface area contributed by atoms with Crippen molar-refractivity contribution in [3.05, 3.63) is 35.6 Å². The molecule has 4 heteroatoms. The Morgan fingerprint density at radius 3 is 2.56 bits per heavy atom. The molecule has 0 radical (unpaired) electrons. The molecule has 0 aromatic heterocycles. The number of piperidine rings is 1. The Labute approximate surface area is 99.0 Å². The summed E-state index contributed by atoms with van der Waals surface area (Å²) in [6, 6.07) is 6.08. The Balaban J connectivity index is 2.11. The smallest absolute Gasteiger partial charge is 0.256 e. The third-order valence-electron chi connectivity index (χ3n) is 2.82. The molecule has 2 nitrogen and oxygen atoms in total. The van der Waals surface area contributed by atoms with Crippen molar-refractivity contribution in [2.45, 2.75) is 18.2 Å². The third kappa shape index (κ3) is 2.35. The van der Waals surface area contributed by atoms with E-state index in [-0.39, 0.29) is 16.8 Å². The van der Waals surface area contributed by atoms with Crippen LogP contribution in [0.15, 0.2) is 24.3 Å². The second-order valence-corrected chi connectivity index (χ2v) is 4.56. The van der Waals surface area contributed by atoms with Crippen LogP contribution in [0.3, 0.4) is 0 Å². The summed E-state index contributed by atoms with van der Waals surface area (Å²) >= 11 is 5.95. The van der Waals surface area contributed by atoms with E-state index >= 15 is 0 Å². The quantitative estimate of drug-likeness (QED) is 0.693. The lowest BCUT2D eigenvalue weighted by Gasteiger charge is -2.29. The molecule has 1 aromatic carbocycles. The average molecular weight is 242 g/mol. The van der Waals surface area contributed by atoms with E-state index in [1.54, 1.807) is 17.0 Å². The fourth-order valence-corrected chi connectivity index (χ4v) is 2.05. The van der Waals surface area contributed by atoms with Crippen molar-refractivity contribution < 1.29 is 9.18 Å². The number of alkyl halides is 1. The van der Waals surface area contributed by atoms with Crippen molar-refractivity contribution in [2.24, 2.45) is 0 Å². The maximum atomic E-state index is 13.4. The van der Waals surface area contributed by atoms with Gasteiger partial charge in [0.2, 0.25) is 0 Å². The Morgan fingerprint density at radius 2 is 1.94 bits per heavy atom. The highest BCUT2D eigenvalue weighted by Gasteiger charge is 2.23. The highest BCUT2D eigenvalue weighted by molar-refractivity contribution is 6.20. The number of halogens is 2. The summed E-state index contributed by atoms with van der Waals surface area (Å²) in [6.45, 7) is 1.22. The predicted molar refractivity (Wildman–Crippen MR) is 61.2 cm³/mol. The second-order valence-electron chi connectivity index (χ2n) is 3.95. The molecule has 0 unspecified atom stereocenters. The van der Waals surface area contributed by atoms with Gasteiger partial charge in [-0.15, -0.1) is 11.6 Å². The summed E-state index contributed by atoms with van der Waals surface area (Å²) in [5.74, 6) is -0.692. The summed E-state index contributed by atoms with van der Waals surface area (Å²) in [5, 5.41) is 0.143. The molecule has 1 heterocycles. The molecule has 0 spiro atoms. The number of hydrogen-bond acceptors (Lipinski definition) is 1. The Morgan fingerprint density at radius 1 is 1.31 bits per heavy atom. The first-order chi connectivity index (χ1) is 7.68. The van der Waals surface area contributed by atoms with Crippen LogP contribution in [0.5, 0.6) is 0 Å². The van der Waals surface area contributed by atoms with Crippen LogP contribution >= 0.6 is 11.6 Å². The Kier molecular flexibility index (Phi) is 3.44. The molecule has 86 valence electrons. The maximum Gasteiger partial charge on any atom is 0.256 e. The second kappa shape index (κ2) is 4.83. The van der Waals surface area contributed by atoms with E-state index in [1.165, 1.54) is 12.1 Å². The molecule has 1 amide bonds. The summed E-state index contributed by atoms with van der Waals surface area (Å²) in [4.78, 5) is 13.6. The van der Waals surface area contributed by atoms with Gasteiger partial charge in [-0.05, 0) is 25.0 Å². The maximum absolute atomic E-state index is 13.4. The highest BCUT2D eigenvalue weighted by atomic mass is 35.5. The van der Waals surface area contributed by atoms with Crippen LogP contribution in [0.25, 0.3) is 0 Å². The van der Waals surface area contributed by atoms with Gasteiger partial charge in [-0.3, -0.25) is 4.79 Å². The van der Waals surface area contributed by atoms with Gasteiger partial charge in [-0.25, -0.2) is 4.39 Å². The summed E-state index contributed by atoms with van der Waals surface area (Å²) < 4.78 is 13.4. The molecule has 1 saturated heterocycles. The van der Waals surface area contributed by atoms with Gasteiger partial charge in [0.15, 0.2) is 0 Å². The minimum atomic E-state index is -0.458. The van der Waals surface area contributed by atoms with Gasteiger partial charge in [0.05, 0.1) is 5.56 Å². The molecule has 1 aromatic rings. The van der Waals surface area contributed by atoms with Gasteiger partial charge in [-0.1, -0.05) is 12.1 Å². The largest absolute Gasteiger partial charge is 0.338 e. The van der Waals surface area contributed by atoms with Crippen molar-refractivity contribution >= 4 is 17.5 Å². The predicted octanol–water partition coefficient (Wildman–Crippen LogP) is 2.67. The molecule has 16 heavy (non-hydrogen) atoms. The molecule has 0 aliphatic carbocycles. The first-order valence-electron chi connectivity index (χ1n) is 5.36. The Hall–Kier alpha value is -1.09. The van der Waals surface area contributed by atoms with E-state index in [0.717, 1.165) is 12.8 Å². The van der Waals surface area contributed by atoms with Crippen molar-refractivity contribution in [1.29, 1.82) is 0 Å². The molecule has 1 aliphatic rings. The minimum Gasteiger partial charge on any atom is -0.338 e. The highest BCUT2D eigenvalue weighted by Crippen LogP contribution is 2.18. The number of likely N-dealkylation sites (tertiary alicyclic amines) is 1. The van der Waals surface area contributed by atoms with Gasteiger partial charge in [0, 0.05) is 18.5 Å². The zero-order chi connectivity index (χ0) is 11.5. The number of carbonyl (C=O) groups excluding carboxylic acids is 1. The standard InChI is InChI=1S/C12H13ClFNO/c13-9-5-7-15(8-6-9)12(16)10-3-1-2-4-11(10)14/h1-4,9H,5-8H2. The lowest BCUT2D eigenvalue weighted by Crippen LogP contribution is -2.39. The molecular weight excluding hydrogens is 229 g/mol. The average Bonchev–Trinajstić information content (AvgIpc) is 2.30. The summed E-state index contributed by atoms with van der Waals surface area (Å²) in [5.41, 5.74) is 0.149. The topological polar surface area (TPSA) is 20.3 Å². The fraction of sp³-hybridized carbons (Fsp3) is 0.417. The molecule has 1 fully saturated rings. The molecule has 1 aliphatic heterocycles. The van der Waals surface area contributed by atoms with Crippen molar-refractivity contribution in [3.8, 4) is 0 Å². The van der Waals surface area contributed by atoms with E-state index < -0.39 is 5.82 Å². The molecule has 0 bridgehead atoms. The minimum absolute atomic E-state index is 0.143. The number of carbonyl (C=O) groups is 1. The summed E-state index contributed by atoms with van der Waals surface area (Å²) in [7, 11) is 0. The van der Waals surface area contributed by atoms with Crippen LogP contribution in [0.2, 0.25) is 0 Å². The number of rotatable bonds is 1. The van der Waals surface area contributed by atoms with E-state index in [9.17, 15) is 9.18 Å². The molecular formula is C12H13ClFNO. The van der Waals surface area contributed by atoms with Crippen LogP contribution in [0.1, 0.15) is 23.2 Å². The number of benzene rings is 1. The summed E-state index contributed by atoms with van der Waals surface area (Å²) in [6.07, 6.45) is 1.56. The van der Waals surface area contributed by atoms with Crippen molar-refractivity contribution in [3.63, 3.8) is 0 Å². The number of amides is 1. The lowest BCUT2D eigenvalue weighted by molar-refractivity contribution is 0.0722. The van der Waals surface area contributed by atoms with E-state index in [0.29, 0.717) is 13.1 Å². The van der Waals surface area contributed by atoms with Gasteiger partial charge in [0.1, 0.15) is 5.82 Å². The van der Waals surface area contributed by atoms with Gasteiger partial charge >= 0.3 is 0 Å². The number of nitrogens with zero attached hydrogens (tertiary/aromatic N) is 1. The number of hydrogen-bond donors (Lipinski definition) is 0. The van der Waals surface area contributed by atoms with Crippen LogP contribution in [0.4, 0.5) is 4.39 Å². The first-order valence-corrected chi connectivity index (χ1v) is 5.80. The molecule has 0 atom stereocenters. The monoisotopic (exact) mass is 241 g/mol. The lowest BCUT2D eigenvalue weighted by atomic mass is 10.1. The normalized spacial score (nSPS) is 17.5. The van der Waals surface area contributed by atoms with E-state index in [1.807, 2.05) is 0 Å².